The molecule has 3 unspecified atom stereocenters. The Balaban J connectivity index is 1.11. The Kier molecular flexibility index (Phi) is 13.3. The predicted molar refractivity (Wildman–Crippen MR) is 205 cm³/mol. The lowest BCUT2D eigenvalue weighted by molar-refractivity contribution is -0.147. The molecule has 3 aromatic carbocycles. The van der Waals surface area contributed by atoms with Crippen molar-refractivity contribution in [1.29, 1.82) is 0 Å². The van der Waals surface area contributed by atoms with Crippen LogP contribution < -0.4 is 16.0 Å². The molecule has 0 radical (unpaired) electrons. The number of hydrogen-bond acceptors (Lipinski definition) is 8. The molecule has 4 N–H and O–H groups in total. The SMILES string of the molecule is O=C(CC1CC=CCCC(NC(=O)OCC2c3ccccc3-c3ccccc32)C(=O)OCC(CSCc2ccccc2)NC1=O)NC1(CO)CCCC1. The van der Waals surface area contributed by atoms with Crippen molar-refractivity contribution < 1.29 is 33.8 Å². The topological polar surface area (TPSA) is 143 Å². The summed E-state index contributed by atoms with van der Waals surface area (Å²) in [6, 6.07) is 24.6. The van der Waals surface area contributed by atoms with Crippen LogP contribution in [0.3, 0.4) is 0 Å². The summed E-state index contributed by atoms with van der Waals surface area (Å²) >= 11 is 1.60. The fourth-order valence-corrected chi connectivity index (χ4v) is 8.54. The number of rotatable bonds is 11. The van der Waals surface area contributed by atoms with Crippen molar-refractivity contribution in [2.75, 3.05) is 25.6 Å². The summed E-state index contributed by atoms with van der Waals surface area (Å²) in [5.74, 6) is -0.804. The van der Waals surface area contributed by atoms with Crippen LogP contribution in [-0.2, 0) is 29.6 Å². The van der Waals surface area contributed by atoms with E-state index < -0.39 is 35.6 Å². The maximum absolute atomic E-state index is 13.7. The van der Waals surface area contributed by atoms with Gasteiger partial charge in [0.25, 0.3) is 0 Å². The molecule has 3 amide bonds. The number of benzene rings is 3. The lowest BCUT2D eigenvalue weighted by atomic mass is 9.95. The van der Waals surface area contributed by atoms with Gasteiger partial charge in [-0.15, -0.1) is 0 Å². The second-order valence-corrected chi connectivity index (χ2v) is 15.3. The monoisotopic (exact) mass is 739 g/mol. The lowest BCUT2D eigenvalue weighted by Gasteiger charge is -2.29. The van der Waals surface area contributed by atoms with Crippen LogP contribution in [0.2, 0.25) is 0 Å². The summed E-state index contributed by atoms with van der Waals surface area (Å²) < 4.78 is 11.5. The van der Waals surface area contributed by atoms with E-state index in [1.54, 1.807) is 11.8 Å². The standard InChI is InChI=1S/C42H49N3O7S/c46-28-42(21-11-12-22-42)45-38(47)23-30-15-5-2-6-20-37(40(49)51-24-31(43-39(30)48)27-53-26-29-13-3-1-4-14-29)44-41(50)52-25-36-34-18-9-7-16-32(34)33-17-8-10-19-35(33)36/h1-5,7-10,13-14,16-19,30-31,36-37,46H,6,11-12,15,20-28H2,(H,43,48)(H,44,50)(H,45,47). The second kappa shape index (κ2) is 18.4. The minimum atomic E-state index is -0.966. The van der Waals surface area contributed by atoms with Gasteiger partial charge in [-0.1, -0.05) is 104 Å². The van der Waals surface area contributed by atoms with E-state index in [4.69, 9.17) is 9.47 Å². The van der Waals surface area contributed by atoms with Gasteiger partial charge in [-0.2, -0.15) is 11.8 Å². The van der Waals surface area contributed by atoms with E-state index in [1.807, 2.05) is 78.9 Å². The molecule has 0 bridgehead atoms. The van der Waals surface area contributed by atoms with Gasteiger partial charge in [-0.3, -0.25) is 9.59 Å². The number of fused-ring (bicyclic) bond motifs is 3. The Labute approximate surface area is 315 Å². The maximum Gasteiger partial charge on any atom is 0.407 e. The van der Waals surface area contributed by atoms with E-state index in [1.165, 1.54) is 0 Å². The summed E-state index contributed by atoms with van der Waals surface area (Å²) in [5.41, 5.74) is 4.92. The first-order valence-corrected chi connectivity index (χ1v) is 19.8. The number of nitrogens with one attached hydrogen (secondary N) is 3. The normalized spacial score (nSPS) is 21.5. The lowest BCUT2D eigenvalue weighted by Crippen LogP contribution is -2.50. The molecule has 10 nitrogen and oxygen atoms in total. The molecule has 1 fully saturated rings. The van der Waals surface area contributed by atoms with Crippen molar-refractivity contribution in [1.82, 2.24) is 16.0 Å². The first kappa shape index (κ1) is 38.1. The van der Waals surface area contributed by atoms with Crippen LogP contribution in [0.25, 0.3) is 11.1 Å². The molecular weight excluding hydrogens is 691 g/mol. The molecule has 280 valence electrons. The number of cyclic esters (lactones) is 1. The van der Waals surface area contributed by atoms with Gasteiger partial charge in [-0.05, 0) is 59.9 Å². The summed E-state index contributed by atoms with van der Waals surface area (Å²) in [6.07, 6.45) is 7.26. The summed E-state index contributed by atoms with van der Waals surface area (Å²) in [6.45, 7) is -0.120. The van der Waals surface area contributed by atoms with Gasteiger partial charge in [0.05, 0.1) is 24.1 Å². The highest BCUT2D eigenvalue weighted by Crippen LogP contribution is 2.44. The number of aliphatic hydroxyl groups is 1. The molecule has 3 atom stereocenters. The van der Waals surface area contributed by atoms with Crippen LogP contribution in [0.15, 0.2) is 91.0 Å². The van der Waals surface area contributed by atoms with Crippen LogP contribution in [0.5, 0.6) is 0 Å². The predicted octanol–water partition coefficient (Wildman–Crippen LogP) is 6.02. The first-order valence-electron chi connectivity index (χ1n) is 18.6. The van der Waals surface area contributed by atoms with E-state index in [9.17, 15) is 24.3 Å². The number of amides is 3. The molecule has 1 saturated carbocycles. The molecule has 53 heavy (non-hydrogen) atoms. The van der Waals surface area contributed by atoms with Crippen molar-refractivity contribution in [3.8, 4) is 11.1 Å². The number of aliphatic hydroxyl groups excluding tert-OH is 1. The van der Waals surface area contributed by atoms with Gasteiger partial charge in [0.2, 0.25) is 11.8 Å². The number of allylic oxidation sites excluding steroid dienone is 2. The number of esters is 1. The smallest absolute Gasteiger partial charge is 0.407 e. The van der Waals surface area contributed by atoms with Crippen LogP contribution in [0.1, 0.15) is 74.0 Å². The van der Waals surface area contributed by atoms with Crippen molar-refractivity contribution in [2.24, 2.45) is 5.92 Å². The number of hydrogen-bond donors (Lipinski definition) is 4. The van der Waals surface area contributed by atoms with E-state index in [0.29, 0.717) is 37.2 Å². The van der Waals surface area contributed by atoms with Crippen molar-refractivity contribution in [2.45, 2.75) is 80.7 Å². The molecule has 11 heteroatoms. The molecule has 0 aromatic heterocycles. The molecule has 1 aliphatic heterocycles. The van der Waals surface area contributed by atoms with Crippen molar-refractivity contribution in [3.63, 3.8) is 0 Å². The minimum absolute atomic E-state index is 0.0342. The van der Waals surface area contributed by atoms with Crippen LogP contribution in [-0.4, -0.2) is 72.2 Å². The highest BCUT2D eigenvalue weighted by atomic mass is 32.2. The van der Waals surface area contributed by atoms with Crippen LogP contribution >= 0.6 is 11.8 Å². The van der Waals surface area contributed by atoms with Gasteiger partial charge in [-0.25, -0.2) is 9.59 Å². The fraction of sp³-hybridized carbons (Fsp3) is 0.429. The zero-order valence-electron chi connectivity index (χ0n) is 30.0. The van der Waals surface area contributed by atoms with Gasteiger partial charge >= 0.3 is 12.1 Å². The maximum atomic E-state index is 13.7. The van der Waals surface area contributed by atoms with Crippen LogP contribution in [0, 0.1) is 5.92 Å². The Morgan fingerprint density at radius 1 is 0.925 bits per heavy atom. The van der Waals surface area contributed by atoms with Gasteiger partial charge < -0.3 is 30.5 Å². The fourth-order valence-electron chi connectivity index (χ4n) is 7.53. The summed E-state index contributed by atoms with van der Waals surface area (Å²) in [5, 5.41) is 18.8. The largest absolute Gasteiger partial charge is 0.462 e. The van der Waals surface area contributed by atoms with E-state index in [2.05, 4.69) is 28.1 Å². The third-order valence-corrected chi connectivity index (χ3v) is 11.6. The second-order valence-electron chi connectivity index (χ2n) is 14.2. The molecule has 3 aliphatic rings. The molecule has 1 heterocycles. The number of carbonyl (C=O) groups is 4. The summed E-state index contributed by atoms with van der Waals surface area (Å²) in [7, 11) is 0. The molecular formula is C42H49N3O7S. The zero-order valence-corrected chi connectivity index (χ0v) is 30.8. The van der Waals surface area contributed by atoms with E-state index in [0.717, 1.165) is 40.7 Å². The van der Waals surface area contributed by atoms with Gasteiger partial charge in [0.15, 0.2) is 0 Å². The first-order chi connectivity index (χ1) is 25.8. The van der Waals surface area contributed by atoms with E-state index >= 15 is 0 Å². The Hall–Kier alpha value is -4.61. The number of alkyl carbamates (subject to hydrolysis) is 1. The molecule has 0 saturated heterocycles. The average Bonchev–Trinajstić information content (AvgIpc) is 3.77. The van der Waals surface area contributed by atoms with Crippen molar-refractivity contribution in [3.05, 3.63) is 108 Å². The number of ether oxygens (including phenoxy) is 2. The van der Waals surface area contributed by atoms with Crippen molar-refractivity contribution >= 4 is 35.6 Å². The zero-order chi connectivity index (χ0) is 37.0. The van der Waals surface area contributed by atoms with Crippen LogP contribution in [0.4, 0.5) is 4.79 Å². The Bertz CT molecular complexity index is 1710. The Morgan fingerprint density at radius 3 is 2.30 bits per heavy atom. The molecule has 6 rings (SSSR count). The highest BCUT2D eigenvalue weighted by Gasteiger charge is 2.36. The quantitative estimate of drug-likeness (QED) is 0.138. The van der Waals surface area contributed by atoms with Gasteiger partial charge in [0.1, 0.15) is 19.3 Å². The third kappa shape index (κ3) is 10.1. The van der Waals surface area contributed by atoms with E-state index in [-0.39, 0.29) is 50.4 Å². The van der Waals surface area contributed by atoms with Gasteiger partial charge in [0, 0.05) is 23.8 Å². The number of carbonyl (C=O) groups excluding carboxylic acids is 4. The number of thioether (sulfide) groups is 1. The minimum Gasteiger partial charge on any atom is -0.462 e. The Morgan fingerprint density at radius 2 is 1.60 bits per heavy atom. The highest BCUT2D eigenvalue weighted by molar-refractivity contribution is 7.98. The average molecular weight is 740 g/mol. The molecule has 2 aliphatic carbocycles. The third-order valence-electron chi connectivity index (χ3n) is 10.4. The summed E-state index contributed by atoms with van der Waals surface area (Å²) in [4.78, 5) is 53.6. The molecule has 3 aromatic rings. The molecule has 0 spiro atoms.